The molecule has 0 atom stereocenters. The maximum atomic E-state index is 6.05. The molecular weight excluding hydrogens is 279 g/mol. The topological polar surface area (TPSA) is 9.23 Å². The second-order valence-electron chi connectivity index (χ2n) is 4.64. The van der Waals surface area contributed by atoms with E-state index >= 15 is 0 Å². The molecule has 0 fully saturated rings. The molecule has 0 amide bonds. The lowest BCUT2D eigenvalue weighted by Gasteiger charge is -2.15. The summed E-state index contributed by atoms with van der Waals surface area (Å²) < 4.78 is 6.05. The van der Waals surface area contributed by atoms with Gasteiger partial charge in [0.15, 0.2) is 0 Å². The molecule has 1 nitrogen and oxygen atoms in total. The van der Waals surface area contributed by atoms with E-state index in [0.29, 0.717) is 10.9 Å². The number of benzene rings is 2. The molecule has 0 radical (unpaired) electrons. The van der Waals surface area contributed by atoms with Crippen LogP contribution in [0.4, 0.5) is 0 Å². The van der Waals surface area contributed by atoms with Crippen LogP contribution < -0.4 is 4.74 Å². The van der Waals surface area contributed by atoms with E-state index in [1.54, 1.807) is 0 Å². The van der Waals surface area contributed by atoms with E-state index < -0.39 is 0 Å². The van der Waals surface area contributed by atoms with Gasteiger partial charge in [-0.15, -0.1) is 11.6 Å². The number of aryl methyl sites for hydroxylation is 2. The molecule has 19 heavy (non-hydrogen) atoms. The third kappa shape index (κ3) is 3.05. The molecular formula is C16H16Cl2O. The van der Waals surface area contributed by atoms with Crippen molar-refractivity contribution < 1.29 is 4.74 Å². The Hall–Kier alpha value is -1.18. The summed E-state index contributed by atoms with van der Waals surface area (Å²) >= 11 is 11.9. The van der Waals surface area contributed by atoms with Gasteiger partial charge in [-0.25, -0.2) is 0 Å². The quantitative estimate of drug-likeness (QED) is 0.650. The Kier molecular flexibility index (Phi) is 4.38. The van der Waals surface area contributed by atoms with Crippen molar-refractivity contribution in [3.63, 3.8) is 0 Å². The van der Waals surface area contributed by atoms with Crippen molar-refractivity contribution in [1.29, 1.82) is 0 Å². The van der Waals surface area contributed by atoms with Crippen LogP contribution in [0.15, 0.2) is 30.3 Å². The Morgan fingerprint density at radius 3 is 2.37 bits per heavy atom. The van der Waals surface area contributed by atoms with Gasteiger partial charge in [-0.1, -0.05) is 23.7 Å². The van der Waals surface area contributed by atoms with Crippen molar-refractivity contribution in [2.45, 2.75) is 26.7 Å². The van der Waals surface area contributed by atoms with Crippen LogP contribution in [0.5, 0.6) is 11.5 Å². The van der Waals surface area contributed by atoms with Crippen LogP contribution in [0.2, 0.25) is 5.02 Å². The summed E-state index contributed by atoms with van der Waals surface area (Å²) in [7, 11) is 0. The van der Waals surface area contributed by atoms with E-state index in [9.17, 15) is 0 Å². The van der Waals surface area contributed by atoms with Crippen LogP contribution in [0.3, 0.4) is 0 Å². The zero-order valence-corrected chi connectivity index (χ0v) is 12.8. The van der Waals surface area contributed by atoms with E-state index in [2.05, 4.69) is 26.0 Å². The van der Waals surface area contributed by atoms with E-state index in [1.807, 2.05) is 25.1 Å². The van der Waals surface area contributed by atoms with Crippen molar-refractivity contribution in [2.75, 3.05) is 0 Å². The minimum absolute atomic E-state index is 0.375. The zero-order valence-electron chi connectivity index (χ0n) is 11.3. The Bertz CT molecular complexity index is 606. The van der Waals surface area contributed by atoms with Gasteiger partial charge in [0.05, 0.1) is 5.88 Å². The first-order valence-corrected chi connectivity index (χ1v) is 7.03. The lowest BCUT2D eigenvalue weighted by atomic mass is 10.1. The van der Waals surface area contributed by atoms with Gasteiger partial charge in [0, 0.05) is 10.6 Å². The first-order valence-electron chi connectivity index (χ1n) is 6.12. The molecule has 2 rings (SSSR count). The van der Waals surface area contributed by atoms with Gasteiger partial charge >= 0.3 is 0 Å². The highest BCUT2D eigenvalue weighted by atomic mass is 35.5. The van der Waals surface area contributed by atoms with Crippen LogP contribution >= 0.6 is 23.2 Å². The average molecular weight is 295 g/mol. The van der Waals surface area contributed by atoms with Gasteiger partial charge in [-0.05, 0) is 55.7 Å². The molecule has 0 aromatic heterocycles. The zero-order chi connectivity index (χ0) is 14.0. The predicted octanol–water partition coefficient (Wildman–Crippen LogP) is 5.80. The van der Waals surface area contributed by atoms with Gasteiger partial charge in [-0.2, -0.15) is 0 Å². The highest BCUT2D eigenvalue weighted by Gasteiger charge is 2.10. The van der Waals surface area contributed by atoms with Gasteiger partial charge in [0.1, 0.15) is 11.5 Å². The largest absolute Gasteiger partial charge is 0.456 e. The van der Waals surface area contributed by atoms with E-state index in [0.717, 1.165) is 28.2 Å². The molecule has 3 heteroatoms. The molecule has 0 aliphatic heterocycles. The molecule has 100 valence electrons. The maximum Gasteiger partial charge on any atom is 0.133 e. The number of hydrogen-bond donors (Lipinski definition) is 0. The fraction of sp³-hybridized carbons (Fsp3) is 0.250. The third-order valence-corrected chi connectivity index (χ3v) is 3.78. The summed E-state index contributed by atoms with van der Waals surface area (Å²) in [6.45, 7) is 6.18. The molecule has 0 unspecified atom stereocenters. The Labute approximate surface area is 124 Å². The molecule has 0 N–H and O–H groups in total. The second kappa shape index (κ2) is 5.85. The smallest absolute Gasteiger partial charge is 0.133 e. The second-order valence-corrected chi connectivity index (χ2v) is 5.34. The van der Waals surface area contributed by atoms with E-state index in [-0.39, 0.29) is 0 Å². The van der Waals surface area contributed by atoms with Gasteiger partial charge in [0.2, 0.25) is 0 Å². The van der Waals surface area contributed by atoms with E-state index in [4.69, 9.17) is 27.9 Å². The minimum atomic E-state index is 0.375. The van der Waals surface area contributed by atoms with Crippen molar-refractivity contribution in [1.82, 2.24) is 0 Å². The van der Waals surface area contributed by atoms with Gasteiger partial charge in [-0.3, -0.25) is 0 Å². The number of ether oxygens (including phenoxy) is 1. The molecule has 2 aromatic carbocycles. The molecule has 0 aliphatic carbocycles. The monoisotopic (exact) mass is 294 g/mol. The summed E-state index contributed by atoms with van der Waals surface area (Å²) in [5.41, 5.74) is 4.37. The maximum absolute atomic E-state index is 6.05. The molecule has 0 aliphatic rings. The van der Waals surface area contributed by atoms with Crippen LogP contribution in [0.25, 0.3) is 0 Å². The van der Waals surface area contributed by atoms with Crippen LogP contribution in [0.1, 0.15) is 22.3 Å². The lowest BCUT2D eigenvalue weighted by Crippen LogP contribution is -1.95. The number of rotatable bonds is 3. The number of halogens is 2. The van der Waals surface area contributed by atoms with Crippen molar-refractivity contribution in [2.24, 2.45) is 0 Å². The van der Waals surface area contributed by atoms with Crippen molar-refractivity contribution in [3.8, 4) is 11.5 Å². The predicted molar refractivity (Wildman–Crippen MR) is 81.7 cm³/mol. The first-order chi connectivity index (χ1) is 9.02. The lowest BCUT2D eigenvalue weighted by molar-refractivity contribution is 0.470. The van der Waals surface area contributed by atoms with Gasteiger partial charge in [0.25, 0.3) is 0 Å². The first kappa shape index (κ1) is 14.2. The molecule has 0 spiro atoms. The fourth-order valence-corrected chi connectivity index (χ4v) is 2.35. The Balaban J connectivity index is 2.44. The Morgan fingerprint density at radius 1 is 1.00 bits per heavy atom. The van der Waals surface area contributed by atoms with Crippen molar-refractivity contribution >= 4 is 23.2 Å². The summed E-state index contributed by atoms with van der Waals surface area (Å²) in [5, 5.41) is 0.667. The summed E-state index contributed by atoms with van der Waals surface area (Å²) in [6.07, 6.45) is 0. The van der Waals surface area contributed by atoms with Crippen molar-refractivity contribution in [3.05, 3.63) is 57.6 Å². The molecule has 2 aromatic rings. The molecule has 0 saturated heterocycles. The highest BCUT2D eigenvalue weighted by molar-refractivity contribution is 6.30. The minimum Gasteiger partial charge on any atom is -0.456 e. The Morgan fingerprint density at radius 2 is 1.68 bits per heavy atom. The molecule has 0 heterocycles. The summed E-state index contributed by atoms with van der Waals surface area (Å²) in [4.78, 5) is 0. The van der Waals surface area contributed by atoms with Gasteiger partial charge < -0.3 is 4.74 Å². The van der Waals surface area contributed by atoms with Crippen LogP contribution in [0, 0.1) is 20.8 Å². The summed E-state index contributed by atoms with van der Waals surface area (Å²) in [5.74, 6) is 2.03. The normalized spacial score (nSPS) is 10.6. The highest BCUT2D eigenvalue weighted by Crippen LogP contribution is 2.34. The van der Waals surface area contributed by atoms with Crippen LogP contribution in [-0.4, -0.2) is 0 Å². The van der Waals surface area contributed by atoms with E-state index in [1.165, 1.54) is 5.56 Å². The summed E-state index contributed by atoms with van der Waals surface area (Å²) in [6, 6.07) is 9.68. The molecule has 0 saturated carbocycles. The average Bonchev–Trinajstić information content (AvgIpc) is 2.40. The number of alkyl halides is 1. The molecule has 0 bridgehead atoms. The fourth-order valence-electron chi connectivity index (χ4n) is 1.94. The van der Waals surface area contributed by atoms with Crippen LogP contribution in [-0.2, 0) is 5.88 Å². The third-order valence-electron chi connectivity index (χ3n) is 3.25. The standard InChI is InChI=1S/C16H16Cl2O/c1-10-4-5-11(2)16(12(10)3)19-15-7-6-14(18)8-13(15)9-17/h4-8H,9H2,1-3H3. The number of hydrogen-bond acceptors (Lipinski definition) is 1. The SMILES string of the molecule is Cc1ccc(C)c(Oc2ccc(Cl)cc2CCl)c1C.